The number of halogens is 1. The van der Waals surface area contributed by atoms with Crippen molar-refractivity contribution in [2.45, 2.75) is 50.2 Å². The molecule has 3 heterocycles. The molecule has 5 heteroatoms. The fourth-order valence-corrected chi connectivity index (χ4v) is 6.12. The van der Waals surface area contributed by atoms with Gasteiger partial charge in [0.1, 0.15) is 5.82 Å². The van der Waals surface area contributed by atoms with E-state index >= 15 is 0 Å². The van der Waals surface area contributed by atoms with Crippen LogP contribution in [-0.2, 0) is 6.54 Å². The van der Waals surface area contributed by atoms with Crippen LogP contribution >= 0.6 is 0 Å². The summed E-state index contributed by atoms with van der Waals surface area (Å²) in [5.41, 5.74) is 10.5. The summed E-state index contributed by atoms with van der Waals surface area (Å²) in [7, 11) is 0. The van der Waals surface area contributed by atoms with Gasteiger partial charge in [-0.1, -0.05) is 36.4 Å². The minimum Gasteiger partial charge on any atom is -0.366 e. The maximum atomic E-state index is 13.7. The SMILES string of the molecule is NC(=O)c1ccc2cc(C3C[C@H]4CC[C@@H](C3)N4Cc3ccccc3)n(-c3ccc(F)cc3)c2c1. The molecular formula is C29H28FN3O. The highest BCUT2D eigenvalue weighted by Crippen LogP contribution is 2.45. The van der Waals surface area contributed by atoms with E-state index in [0.717, 1.165) is 36.0 Å². The molecule has 4 aromatic rings. The van der Waals surface area contributed by atoms with Crippen molar-refractivity contribution in [3.63, 3.8) is 0 Å². The number of primary amides is 1. The van der Waals surface area contributed by atoms with Crippen LogP contribution in [0.3, 0.4) is 0 Å². The lowest BCUT2D eigenvalue weighted by molar-refractivity contribution is 0.100. The van der Waals surface area contributed by atoms with Crippen LogP contribution in [0.15, 0.2) is 78.9 Å². The van der Waals surface area contributed by atoms with Gasteiger partial charge in [-0.05, 0) is 73.7 Å². The van der Waals surface area contributed by atoms with E-state index in [9.17, 15) is 9.18 Å². The third-order valence-electron chi connectivity index (χ3n) is 7.71. The first-order chi connectivity index (χ1) is 16.6. The molecule has 3 aromatic carbocycles. The normalized spacial score (nSPS) is 22.3. The zero-order chi connectivity index (χ0) is 23.2. The summed E-state index contributed by atoms with van der Waals surface area (Å²) in [6.07, 6.45) is 4.67. The minimum atomic E-state index is -0.442. The van der Waals surface area contributed by atoms with Crippen LogP contribution in [0.25, 0.3) is 16.6 Å². The summed E-state index contributed by atoms with van der Waals surface area (Å²) < 4.78 is 15.9. The van der Waals surface area contributed by atoms with Gasteiger partial charge < -0.3 is 10.3 Å². The summed E-state index contributed by atoms with van der Waals surface area (Å²) in [5, 5.41) is 1.07. The first-order valence-corrected chi connectivity index (χ1v) is 12.1. The van der Waals surface area contributed by atoms with Crippen molar-refractivity contribution in [1.29, 1.82) is 0 Å². The van der Waals surface area contributed by atoms with Gasteiger partial charge in [0.05, 0.1) is 5.52 Å². The molecule has 1 aromatic heterocycles. The van der Waals surface area contributed by atoms with Crippen molar-refractivity contribution in [3.8, 4) is 5.69 Å². The molecule has 2 fully saturated rings. The van der Waals surface area contributed by atoms with Gasteiger partial charge >= 0.3 is 0 Å². The Labute approximate surface area is 198 Å². The van der Waals surface area contributed by atoms with Crippen molar-refractivity contribution in [1.82, 2.24) is 9.47 Å². The summed E-state index contributed by atoms with van der Waals surface area (Å²) >= 11 is 0. The van der Waals surface area contributed by atoms with E-state index < -0.39 is 5.91 Å². The Balaban J connectivity index is 1.39. The van der Waals surface area contributed by atoms with Crippen LogP contribution in [0, 0.1) is 5.82 Å². The Morgan fingerprint density at radius 2 is 1.62 bits per heavy atom. The van der Waals surface area contributed by atoms with Gasteiger partial charge in [0, 0.05) is 46.9 Å². The fourth-order valence-electron chi connectivity index (χ4n) is 6.12. The van der Waals surface area contributed by atoms with Crippen molar-refractivity contribution in [2.75, 3.05) is 0 Å². The molecule has 1 amide bonds. The molecule has 2 aliphatic rings. The second-order valence-corrected chi connectivity index (χ2v) is 9.73. The average molecular weight is 454 g/mol. The van der Waals surface area contributed by atoms with Gasteiger partial charge in [0.2, 0.25) is 5.91 Å². The number of rotatable bonds is 5. The predicted molar refractivity (Wildman–Crippen MR) is 133 cm³/mol. The number of benzene rings is 3. The monoisotopic (exact) mass is 453 g/mol. The number of amides is 1. The molecule has 34 heavy (non-hydrogen) atoms. The summed E-state index contributed by atoms with van der Waals surface area (Å²) in [6, 6.07) is 26.3. The molecule has 2 N–H and O–H groups in total. The molecule has 0 aliphatic carbocycles. The van der Waals surface area contributed by atoms with Gasteiger partial charge in [-0.25, -0.2) is 4.39 Å². The van der Waals surface area contributed by atoms with Gasteiger partial charge in [0.25, 0.3) is 0 Å². The molecule has 6 rings (SSSR count). The standard InChI is InChI=1S/C29H28FN3O/c30-23-8-10-24(11-9-23)33-27-17-21(29(31)34)7-6-20(27)16-28(33)22-14-25-12-13-26(15-22)32(25)18-19-4-2-1-3-5-19/h1-11,16-17,22,25-26H,12-15,18H2,(H2,31,34)/t22?,25-,26+. The Morgan fingerprint density at radius 3 is 2.29 bits per heavy atom. The highest BCUT2D eigenvalue weighted by Gasteiger charge is 2.41. The van der Waals surface area contributed by atoms with E-state index in [-0.39, 0.29) is 5.82 Å². The smallest absolute Gasteiger partial charge is 0.248 e. The number of aromatic nitrogens is 1. The maximum Gasteiger partial charge on any atom is 0.248 e. The van der Waals surface area contributed by atoms with Gasteiger partial charge in [-0.2, -0.15) is 0 Å². The number of piperidine rings is 1. The number of hydrogen-bond acceptors (Lipinski definition) is 2. The highest BCUT2D eigenvalue weighted by atomic mass is 19.1. The zero-order valence-corrected chi connectivity index (χ0v) is 19.0. The Hall–Kier alpha value is -3.44. The van der Waals surface area contributed by atoms with Crippen LogP contribution < -0.4 is 5.73 Å². The van der Waals surface area contributed by atoms with E-state index in [1.165, 1.54) is 36.2 Å². The topological polar surface area (TPSA) is 51.3 Å². The van der Waals surface area contributed by atoms with Gasteiger partial charge in [0.15, 0.2) is 0 Å². The van der Waals surface area contributed by atoms with Crippen molar-refractivity contribution in [2.24, 2.45) is 5.73 Å². The molecule has 1 unspecified atom stereocenters. The number of fused-ring (bicyclic) bond motifs is 3. The van der Waals surface area contributed by atoms with Crippen LogP contribution in [0.5, 0.6) is 0 Å². The largest absolute Gasteiger partial charge is 0.366 e. The molecule has 2 bridgehead atoms. The van der Waals surface area contributed by atoms with Crippen LogP contribution in [0.1, 0.15) is 53.2 Å². The van der Waals surface area contributed by atoms with Crippen LogP contribution in [-0.4, -0.2) is 27.5 Å². The van der Waals surface area contributed by atoms with E-state index in [4.69, 9.17) is 5.73 Å². The molecule has 4 nitrogen and oxygen atoms in total. The summed E-state index contributed by atoms with van der Waals surface area (Å²) in [6.45, 7) is 1.01. The number of carbonyl (C=O) groups excluding carboxylic acids is 1. The van der Waals surface area contributed by atoms with Crippen molar-refractivity contribution >= 4 is 16.8 Å². The minimum absolute atomic E-state index is 0.258. The number of nitrogens with zero attached hydrogens (tertiary/aromatic N) is 2. The lowest BCUT2D eigenvalue weighted by atomic mass is 9.87. The third-order valence-corrected chi connectivity index (χ3v) is 7.71. The molecule has 0 saturated carbocycles. The molecule has 2 saturated heterocycles. The quantitative estimate of drug-likeness (QED) is 0.417. The van der Waals surface area contributed by atoms with Crippen molar-refractivity contribution in [3.05, 3.63) is 102 Å². The first kappa shape index (κ1) is 21.1. The Bertz CT molecular complexity index is 1330. The first-order valence-electron chi connectivity index (χ1n) is 12.1. The second kappa shape index (κ2) is 8.41. The average Bonchev–Trinajstić information content (AvgIpc) is 3.32. The summed E-state index contributed by atoms with van der Waals surface area (Å²) in [4.78, 5) is 14.6. The Morgan fingerprint density at radius 1 is 0.912 bits per heavy atom. The van der Waals surface area contributed by atoms with E-state index in [2.05, 4.69) is 45.9 Å². The number of carbonyl (C=O) groups is 1. The summed E-state index contributed by atoms with van der Waals surface area (Å²) in [5.74, 6) is -0.298. The lowest BCUT2D eigenvalue weighted by Crippen LogP contribution is -2.41. The number of nitrogens with two attached hydrogens (primary N) is 1. The third kappa shape index (κ3) is 3.70. The van der Waals surface area contributed by atoms with Gasteiger partial charge in [-0.15, -0.1) is 0 Å². The highest BCUT2D eigenvalue weighted by molar-refractivity contribution is 5.97. The van der Waals surface area contributed by atoms with E-state index in [1.807, 2.05) is 24.3 Å². The van der Waals surface area contributed by atoms with E-state index in [1.54, 1.807) is 6.07 Å². The van der Waals surface area contributed by atoms with Crippen molar-refractivity contribution < 1.29 is 9.18 Å². The molecule has 2 aliphatic heterocycles. The molecule has 172 valence electrons. The van der Waals surface area contributed by atoms with Gasteiger partial charge in [-0.3, -0.25) is 9.69 Å². The molecule has 3 atom stereocenters. The second-order valence-electron chi connectivity index (χ2n) is 9.73. The van der Waals surface area contributed by atoms with Crippen LogP contribution in [0.2, 0.25) is 0 Å². The lowest BCUT2D eigenvalue weighted by Gasteiger charge is -2.39. The zero-order valence-electron chi connectivity index (χ0n) is 19.0. The predicted octanol–water partition coefficient (Wildman–Crippen LogP) is 5.78. The molecule has 0 spiro atoms. The Kier molecular flexibility index (Phi) is 5.22. The molecule has 0 radical (unpaired) electrons. The van der Waals surface area contributed by atoms with E-state index in [0.29, 0.717) is 23.6 Å². The molecular weight excluding hydrogens is 425 g/mol. The maximum absolute atomic E-state index is 13.7. The number of hydrogen-bond donors (Lipinski definition) is 1. The fraction of sp³-hybridized carbons (Fsp3) is 0.276. The van der Waals surface area contributed by atoms with Crippen LogP contribution in [0.4, 0.5) is 4.39 Å².